The van der Waals surface area contributed by atoms with Gasteiger partial charge in [0.1, 0.15) is 5.60 Å². The summed E-state index contributed by atoms with van der Waals surface area (Å²) in [5.74, 6) is -0.926. The zero-order chi connectivity index (χ0) is 18.6. The van der Waals surface area contributed by atoms with Crippen molar-refractivity contribution in [2.75, 3.05) is 24.5 Å². The third kappa shape index (κ3) is 5.11. The second-order valence-electron chi connectivity index (χ2n) is 7.41. The van der Waals surface area contributed by atoms with Crippen molar-refractivity contribution in [2.45, 2.75) is 52.2 Å². The van der Waals surface area contributed by atoms with Crippen LogP contribution in [0.25, 0.3) is 0 Å². The molecule has 0 aliphatic carbocycles. The molecule has 1 saturated heterocycles. The molecule has 1 amide bonds. The van der Waals surface area contributed by atoms with E-state index in [1.807, 2.05) is 37.8 Å². The Morgan fingerprint density at radius 3 is 2.36 bits per heavy atom. The van der Waals surface area contributed by atoms with Gasteiger partial charge in [-0.1, -0.05) is 13.3 Å². The molecule has 6 nitrogen and oxygen atoms in total. The van der Waals surface area contributed by atoms with Crippen LogP contribution in [0.2, 0.25) is 0 Å². The minimum absolute atomic E-state index is 0.0905. The van der Waals surface area contributed by atoms with Gasteiger partial charge in [-0.05, 0) is 51.5 Å². The number of anilines is 1. The van der Waals surface area contributed by atoms with Crippen LogP contribution in [-0.4, -0.2) is 53.3 Å². The second kappa shape index (κ2) is 7.76. The molecule has 2 rings (SSSR count). The fourth-order valence-electron chi connectivity index (χ4n) is 3.05. The highest BCUT2D eigenvalue weighted by atomic mass is 16.6. The van der Waals surface area contributed by atoms with E-state index >= 15 is 0 Å². The molecule has 0 bridgehead atoms. The maximum atomic E-state index is 12.5. The summed E-state index contributed by atoms with van der Waals surface area (Å²) in [6.07, 6.45) is 1.63. The van der Waals surface area contributed by atoms with Gasteiger partial charge in [-0.2, -0.15) is 0 Å². The number of rotatable bonds is 4. The van der Waals surface area contributed by atoms with E-state index in [2.05, 4.69) is 11.8 Å². The first kappa shape index (κ1) is 19.1. The predicted molar refractivity (Wildman–Crippen MR) is 97.3 cm³/mol. The molecule has 1 N–H and O–H groups in total. The largest absolute Gasteiger partial charge is 0.478 e. The molecule has 0 unspecified atom stereocenters. The molecule has 1 heterocycles. The monoisotopic (exact) mass is 348 g/mol. The quantitative estimate of drug-likeness (QED) is 0.900. The van der Waals surface area contributed by atoms with E-state index in [-0.39, 0.29) is 17.7 Å². The predicted octanol–water partition coefficient (Wildman–Crippen LogP) is 3.61. The topological polar surface area (TPSA) is 70.1 Å². The molecule has 138 valence electrons. The summed E-state index contributed by atoms with van der Waals surface area (Å²) in [6.45, 7) is 9.75. The Balaban J connectivity index is 2.09. The van der Waals surface area contributed by atoms with E-state index in [1.54, 1.807) is 12.1 Å². The van der Waals surface area contributed by atoms with Crippen molar-refractivity contribution < 1.29 is 19.4 Å². The second-order valence-corrected chi connectivity index (χ2v) is 7.41. The average Bonchev–Trinajstić information content (AvgIpc) is 2.53. The Morgan fingerprint density at radius 2 is 1.84 bits per heavy atom. The number of piperazine rings is 1. The number of carbonyl (C=O) groups excluding carboxylic acids is 1. The van der Waals surface area contributed by atoms with Crippen molar-refractivity contribution in [1.82, 2.24) is 4.90 Å². The van der Waals surface area contributed by atoms with Gasteiger partial charge >= 0.3 is 12.1 Å². The lowest BCUT2D eigenvalue weighted by atomic mass is 10.1. The number of nitrogens with zero attached hydrogens (tertiary/aromatic N) is 2. The number of aromatic carboxylic acids is 1. The first-order chi connectivity index (χ1) is 11.7. The van der Waals surface area contributed by atoms with Gasteiger partial charge in [0.15, 0.2) is 0 Å². The normalized spacial score (nSPS) is 18.2. The maximum absolute atomic E-state index is 12.5. The molecule has 1 fully saturated rings. The Labute approximate surface area is 149 Å². The Hall–Kier alpha value is -2.24. The summed E-state index contributed by atoms with van der Waals surface area (Å²) in [7, 11) is 0. The van der Waals surface area contributed by atoms with Crippen LogP contribution in [0.1, 0.15) is 50.9 Å². The van der Waals surface area contributed by atoms with E-state index in [0.717, 1.165) is 25.1 Å². The number of benzene rings is 1. The molecule has 0 spiro atoms. The molecule has 0 saturated carbocycles. The Bertz CT molecular complexity index is 607. The highest BCUT2D eigenvalue weighted by Gasteiger charge is 2.32. The van der Waals surface area contributed by atoms with E-state index < -0.39 is 11.6 Å². The third-order valence-corrected chi connectivity index (χ3v) is 4.21. The summed E-state index contributed by atoms with van der Waals surface area (Å²) in [6, 6.07) is 6.98. The van der Waals surface area contributed by atoms with Gasteiger partial charge in [-0.25, -0.2) is 9.59 Å². The molecule has 1 atom stereocenters. The lowest BCUT2D eigenvalue weighted by Crippen LogP contribution is -2.56. The SMILES string of the molecule is CCC[C@H]1CN(c2ccc(C(=O)O)cc2)CCN1C(=O)OC(C)(C)C. The average molecular weight is 348 g/mol. The van der Waals surface area contributed by atoms with Crippen LogP contribution < -0.4 is 4.90 Å². The van der Waals surface area contributed by atoms with Crippen LogP contribution in [0.15, 0.2) is 24.3 Å². The van der Waals surface area contributed by atoms with E-state index in [0.29, 0.717) is 13.1 Å². The van der Waals surface area contributed by atoms with Crippen LogP contribution in [-0.2, 0) is 4.74 Å². The third-order valence-electron chi connectivity index (χ3n) is 4.21. The minimum atomic E-state index is -0.926. The molecule has 1 aliphatic rings. The van der Waals surface area contributed by atoms with Gasteiger partial charge in [-0.3, -0.25) is 0 Å². The van der Waals surface area contributed by atoms with E-state index in [9.17, 15) is 9.59 Å². The highest BCUT2D eigenvalue weighted by Crippen LogP contribution is 2.23. The molecular formula is C19H28N2O4. The number of hydrogen-bond acceptors (Lipinski definition) is 4. The number of amides is 1. The molecular weight excluding hydrogens is 320 g/mol. The van der Waals surface area contributed by atoms with E-state index in [4.69, 9.17) is 9.84 Å². The Morgan fingerprint density at radius 1 is 1.20 bits per heavy atom. The lowest BCUT2D eigenvalue weighted by Gasteiger charge is -2.42. The summed E-state index contributed by atoms with van der Waals surface area (Å²) < 4.78 is 5.54. The van der Waals surface area contributed by atoms with Crippen molar-refractivity contribution >= 4 is 17.7 Å². The fraction of sp³-hybridized carbons (Fsp3) is 0.579. The summed E-state index contributed by atoms with van der Waals surface area (Å²) in [5, 5.41) is 9.02. The van der Waals surface area contributed by atoms with Crippen molar-refractivity contribution in [3.63, 3.8) is 0 Å². The van der Waals surface area contributed by atoms with Crippen molar-refractivity contribution in [1.29, 1.82) is 0 Å². The summed E-state index contributed by atoms with van der Waals surface area (Å²) in [4.78, 5) is 27.5. The van der Waals surface area contributed by atoms with Crippen LogP contribution in [0, 0.1) is 0 Å². The van der Waals surface area contributed by atoms with Crippen LogP contribution in [0.5, 0.6) is 0 Å². The Kier molecular flexibility index (Phi) is 5.93. The standard InChI is InChI=1S/C19H28N2O4/c1-5-6-16-13-20(15-9-7-14(8-10-15)17(22)23)11-12-21(16)18(24)25-19(2,3)4/h7-10,16H,5-6,11-13H2,1-4H3,(H,22,23)/t16-/m0/s1. The number of carboxylic acids is 1. The van der Waals surface area contributed by atoms with Crippen LogP contribution in [0.4, 0.5) is 10.5 Å². The van der Waals surface area contributed by atoms with Crippen molar-refractivity contribution in [2.24, 2.45) is 0 Å². The number of carbonyl (C=O) groups is 2. The molecule has 25 heavy (non-hydrogen) atoms. The van der Waals surface area contributed by atoms with Gasteiger partial charge in [0, 0.05) is 25.3 Å². The molecule has 1 aliphatic heterocycles. The van der Waals surface area contributed by atoms with Gasteiger partial charge in [-0.15, -0.1) is 0 Å². The van der Waals surface area contributed by atoms with Crippen LogP contribution >= 0.6 is 0 Å². The maximum Gasteiger partial charge on any atom is 0.410 e. The van der Waals surface area contributed by atoms with Gasteiger partial charge < -0.3 is 19.6 Å². The first-order valence-electron chi connectivity index (χ1n) is 8.79. The first-order valence-corrected chi connectivity index (χ1v) is 8.79. The molecule has 0 aromatic heterocycles. The van der Waals surface area contributed by atoms with Crippen molar-refractivity contribution in [3.05, 3.63) is 29.8 Å². The number of hydrogen-bond donors (Lipinski definition) is 1. The van der Waals surface area contributed by atoms with Gasteiger partial charge in [0.2, 0.25) is 0 Å². The smallest absolute Gasteiger partial charge is 0.410 e. The highest BCUT2D eigenvalue weighted by molar-refractivity contribution is 5.88. The molecule has 0 radical (unpaired) electrons. The van der Waals surface area contributed by atoms with Gasteiger partial charge in [0.05, 0.1) is 11.6 Å². The summed E-state index contributed by atoms with van der Waals surface area (Å²) in [5.41, 5.74) is 0.758. The zero-order valence-electron chi connectivity index (χ0n) is 15.5. The molecule has 1 aromatic carbocycles. The number of ether oxygens (including phenoxy) is 1. The number of carboxylic acid groups (broad SMARTS) is 1. The van der Waals surface area contributed by atoms with E-state index in [1.165, 1.54) is 0 Å². The van der Waals surface area contributed by atoms with Gasteiger partial charge in [0.25, 0.3) is 0 Å². The minimum Gasteiger partial charge on any atom is -0.478 e. The summed E-state index contributed by atoms with van der Waals surface area (Å²) >= 11 is 0. The lowest BCUT2D eigenvalue weighted by molar-refractivity contribution is 0.0131. The molecule has 6 heteroatoms. The fourth-order valence-corrected chi connectivity index (χ4v) is 3.05. The van der Waals surface area contributed by atoms with Crippen LogP contribution in [0.3, 0.4) is 0 Å². The zero-order valence-corrected chi connectivity index (χ0v) is 15.5. The van der Waals surface area contributed by atoms with Crippen molar-refractivity contribution in [3.8, 4) is 0 Å². The molecule has 1 aromatic rings.